The van der Waals surface area contributed by atoms with E-state index in [1.807, 2.05) is 30.3 Å². The minimum atomic E-state index is -1.54. The average Bonchev–Trinajstić information content (AvgIpc) is 2.77. The summed E-state index contributed by atoms with van der Waals surface area (Å²) >= 11 is 0. The van der Waals surface area contributed by atoms with Crippen LogP contribution in [0.15, 0.2) is 60.7 Å². The van der Waals surface area contributed by atoms with Gasteiger partial charge in [-0.25, -0.2) is 0 Å². The van der Waals surface area contributed by atoms with E-state index in [1.54, 1.807) is 24.3 Å². The minimum absolute atomic E-state index is 0.00100. The Morgan fingerprint density at radius 2 is 1.68 bits per heavy atom. The quantitative estimate of drug-likeness (QED) is 0.685. The third-order valence-electron chi connectivity index (χ3n) is 5.37. The van der Waals surface area contributed by atoms with E-state index in [0.29, 0.717) is 17.7 Å². The molecule has 162 valence electrons. The number of phenolic OH excluding ortho intramolecular Hbond substituents is 1. The zero-order valence-corrected chi connectivity index (χ0v) is 17.3. The Labute approximate surface area is 181 Å². The summed E-state index contributed by atoms with van der Waals surface area (Å²) in [5.74, 6) is -0.870. The van der Waals surface area contributed by atoms with Crippen LogP contribution in [-0.4, -0.2) is 46.2 Å². The second kappa shape index (κ2) is 10.2. The van der Waals surface area contributed by atoms with E-state index in [2.05, 4.69) is 0 Å². The number of carbonyl (C=O) groups is 2. The zero-order chi connectivity index (χ0) is 22.4. The maximum absolute atomic E-state index is 13.2. The first-order valence-electron chi connectivity index (χ1n) is 10.1. The van der Waals surface area contributed by atoms with Gasteiger partial charge in [-0.05, 0) is 42.0 Å². The highest BCUT2D eigenvalue weighted by Gasteiger charge is 2.24. The highest BCUT2D eigenvalue weighted by atomic mass is 16.5. The molecule has 1 aliphatic rings. The molecule has 0 aromatic heterocycles. The van der Waals surface area contributed by atoms with E-state index in [1.165, 1.54) is 19.3 Å². The van der Waals surface area contributed by atoms with Crippen molar-refractivity contribution in [3.8, 4) is 11.5 Å². The molecular weight excluding hydrogens is 396 g/mol. The van der Waals surface area contributed by atoms with Gasteiger partial charge < -0.3 is 20.1 Å². The third-order valence-corrected chi connectivity index (χ3v) is 5.37. The molecule has 3 rings (SSSR count). The van der Waals surface area contributed by atoms with Crippen molar-refractivity contribution in [3.05, 3.63) is 77.4 Å². The van der Waals surface area contributed by atoms with Crippen LogP contribution in [0.2, 0.25) is 0 Å². The van der Waals surface area contributed by atoms with Gasteiger partial charge in [0.15, 0.2) is 11.6 Å². The number of fused-ring (bicyclic) bond motifs is 1. The molecule has 6 nitrogen and oxygen atoms in total. The Kier molecular flexibility index (Phi) is 7.39. The predicted octanol–water partition coefficient (Wildman–Crippen LogP) is 3.41. The van der Waals surface area contributed by atoms with Gasteiger partial charge in [-0.3, -0.25) is 9.59 Å². The van der Waals surface area contributed by atoms with E-state index in [4.69, 9.17) is 4.74 Å². The number of aliphatic hydroxyl groups excluding tert-OH is 2. The number of hydrogen-bond donors (Lipinski definition) is 3. The molecule has 0 saturated heterocycles. The summed E-state index contributed by atoms with van der Waals surface area (Å²) in [6.07, 6.45) is 3.66. The fourth-order valence-corrected chi connectivity index (χ4v) is 3.66. The van der Waals surface area contributed by atoms with Crippen LogP contribution in [-0.2, 0) is 4.79 Å². The molecule has 0 aliphatic heterocycles. The number of phenols is 1. The SMILES string of the molecule is COc1cc(O)c2c(c1)/C=C/C[C@H](O)[C@H](O)C(=O)/C=C/CC(c1ccccc1)CC2=O. The van der Waals surface area contributed by atoms with Crippen LogP contribution in [0.3, 0.4) is 0 Å². The van der Waals surface area contributed by atoms with Crippen LogP contribution in [0, 0.1) is 0 Å². The van der Waals surface area contributed by atoms with Crippen molar-refractivity contribution < 1.29 is 29.6 Å². The van der Waals surface area contributed by atoms with E-state index in [9.17, 15) is 24.9 Å². The summed E-state index contributed by atoms with van der Waals surface area (Å²) in [5, 5.41) is 30.8. The lowest BCUT2D eigenvalue weighted by Crippen LogP contribution is -2.32. The highest BCUT2D eigenvalue weighted by molar-refractivity contribution is 6.02. The average molecular weight is 422 g/mol. The summed E-state index contributed by atoms with van der Waals surface area (Å²) < 4.78 is 5.20. The number of rotatable bonds is 2. The van der Waals surface area contributed by atoms with Gasteiger partial charge in [0, 0.05) is 12.5 Å². The predicted molar refractivity (Wildman–Crippen MR) is 117 cm³/mol. The number of aliphatic hydroxyl groups is 2. The standard InChI is InChI=1S/C25H26O6/c1-31-19-13-18-10-6-12-21(27)25(30)20(26)11-5-9-17(16-7-3-2-4-8-16)14-22(28)24(18)23(29)15-19/h2-8,10-11,13,15,17,21,25,27,29-30H,9,12,14H2,1H3/b10-6+,11-5+/t17?,21-,25+/m0/s1. The molecule has 0 spiro atoms. The van der Waals surface area contributed by atoms with Gasteiger partial charge in [-0.15, -0.1) is 0 Å². The first-order chi connectivity index (χ1) is 14.9. The summed E-state index contributed by atoms with van der Waals surface area (Å²) in [5.41, 5.74) is 1.53. The molecule has 0 fully saturated rings. The molecule has 31 heavy (non-hydrogen) atoms. The van der Waals surface area contributed by atoms with E-state index >= 15 is 0 Å². The van der Waals surface area contributed by atoms with E-state index in [0.717, 1.165) is 5.56 Å². The van der Waals surface area contributed by atoms with Crippen LogP contribution < -0.4 is 4.74 Å². The fraction of sp³-hybridized carbons (Fsp3) is 0.280. The molecule has 3 N–H and O–H groups in total. The van der Waals surface area contributed by atoms with Gasteiger partial charge in [0.25, 0.3) is 0 Å². The van der Waals surface area contributed by atoms with Crippen molar-refractivity contribution in [3.63, 3.8) is 0 Å². The second-order valence-electron chi connectivity index (χ2n) is 7.54. The van der Waals surface area contributed by atoms with Gasteiger partial charge in [0.05, 0.1) is 18.8 Å². The molecule has 0 heterocycles. The zero-order valence-electron chi connectivity index (χ0n) is 17.3. The van der Waals surface area contributed by atoms with Crippen molar-refractivity contribution in [1.29, 1.82) is 0 Å². The highest BCUT2D eigenvalue weighted by Crippen LogP contribution is 2.33. The van der Waals surface area contributed by atoms with Crippen molar-refractivity contribution in [2.24, 2.45) is 0 Å². The van der Waals surface area contributed by atoms with Crippen molar-refractivity contribution in [2.45, 2.75) is 37.4 Å². The molecule has 0 radical (unpaired) electrons. The summed E-state index contributed by atoms with van der Waals surface area (Å²) in [6.45, 7) is 0. The Morgan fingerprint density at radius 1 is 0.968 bits per heavy atom. The maximum atomic E-state index is 13.2. The molecule has 0 amide bonds. The van der Waals surface area contributed by atoms with Crippen LogP contribution >= 0.6 is 0 Å². The lowest BCUT2D eigenvalue weighted by Gasteiger charge is -2.18. The van der Waals surface area contributed by atoms with Crippen LogP contribution in [0.25, 0.3) is 6.08 Å². The first kappa shape index (κ1) is 22.5. The van der Waals surface area contributed by atoms with Crippen LogP contribution in [0.1, 0.15) is 46.7 Å². The van der Waals surface area contributed by atoms with Crippen molar-refractivity contribution in [2.75, 3.05) is 7.11 Å². The Balaban J connectivity index is 2.07. The summed E-state index contributed by atoms with van der Waals surface area (Å²) in [4.78, 5) is 25.4. The second-order valence-corrected chi connectivity index (χ2v) is 7.54. The van der Waals surface area contributed by atoms with Gasteiger partial charge in [0.2, 0.25) is 0 Å². The third kappa shape index (κ3) is 5.48. The first-order valence-corrected chi connectivity index (χ1v) is 10.1. The lowest BCUT2D eigenvalue weighted by atomic mass is 9.87. The van der Waals surface area contributed by atoms with E-state index in [-0.39, 0.29) is 35.9 Å². The Morgan fingerprint density at radius 3 is 2.39 bits per heavy atom. The topological polar surface area (TPSA) is 104 Å². The Bertz CT molecular complexity index is 993. The van der Waals surface area contributed by atoms with Gasteiger partial charge in [0.1, 0.15) is 17.6 Å². The molecule has 2 aromatic carbocycles. The monoisotopic (exact) mass is 422 g/mol. The number of benzene rings is 2. The number of allylic oxidation sites excluding steroid dienone is 1. The van der Waals surface area contributed by atoms with Gasteiger partial charge >= 0.3 is 0 Å². The normalized spacial score (nSPS) is 24.7. The molecule has 1 unspecified atom stereocenters. The molecular formula is C25H26O6. The number of ketones is 2. The van der Waals surface area contributed by atoms with Gasteiger partial charge in [-0.1, -0.05) is 48.6 Å². The van der Waals surface area contributed by atoms with Crippen LogP contribution in [0.5, 0.6) is 11.5 Å². The number of Topliss-reactive ketones (excluding diaryl/α,β-unsaturated/α-hetero) is 1. The van der Waals surface area contributed by atoms with E-state index < -0.39 is 18.0 Å². The van der Waals surface area contributed by atoms with Crippen molar-refractivity contribution >= 4 is 17.6 Å². The number of carbonyl (C=O) groups excluding carboxylic acids is 2. The van der Waals surface area contributed by atoms with Crippen LogP contribution in [0.4, 0.5) is 0 Å². The summed E-state index contributed by atoms with van der Waals surface area (Å²) in [7, 11) is 1.46. The summed E-state index contributed by atoms with van der Waals surface area (Å²) in [6, 6.07) is 12.5. The van der Waals surface area contributed by atoms with Gasteiger partial charge in [-0.2, -0.15) is 0 Å². The Hall–Kier alpha value is -3.22. The smallest absolute Gasteiger partial charge is 0.186 e. The number of methoxy groups -OCH3 is 1. The molecule has 0 saturated carbocycles. The molecule has 2 aromatic rings. The molecule has 6 heteroatoms. The maximum Gasteiger partial charge on any atom is 0.186 e. The number of ether oxygens (including phenoxy) is 1. The lowest BCUT2D eigenvalue weighted by molar-refractivity contribution is -0.127. The molecule has 1 aliphatic carbocycles. The molecule has 0 bridgehead atoms. The van der Waals surface area contributed by atoms with Crippen molar-refractivity contribution in [1.82, 2.24) is 0 Å². The number of aromatic hydroxyl groups is 1. The largest absolute Gasteiger partial charge is 0.507 e. The number of hydrogen-bond acceptors (Lipinski definition) is 6. The minimum Gasteiger partial charge on any atom is -0.507 e. The molecule has 3 atom stereocenters. The fourth-order valence-electron chi connectivity index (χ4n) is 3.66.